The van der Waals surface area contributed by atoms with Crippen molar-refractivity contribution in [2.75, 3.05) is 5.73 Å². The number of hydrogen-bond acceptors (Lipinski definition) is 4. The largest absolute Gasteiger partial charge is 0.368 e. The predicted molar refractivity (Wildman–Crippen MR) is 70.2 cm³/mol. The van der Waals surface area contributed by atoms with Gasteiger partial charge in [0.2, 0.25) is 5.95 Å². The Kier molecular flexibility index (Phi) is 3.02. The summed E-state index contributed by atoms with van der Waals surface area (Å²) in [5.41, 5.74) is 6.48. The molecule has 0 fully saturated rings. The van der Waals surface area contributed by atoms with Crippen LogP contribution in [0.3, 0.4) is 0 Å². The molecular weight excluding hydrogens is 264 g/mol. The fourth-order valence-electron chi connectivity index (χ4n) is 2.03. The van der Waals surface area contributed by atoms with E-state index in [1.807, 2.05) is 30.3 Å². The van der Waals surface area contributed by atoms with Crippen molar-refractivity contribution in [3.8, 4) is 0 Å². The molecule has 0 spiro atoms. The summed E-state index contributed by atoms with van der Waals surface area (Å²) in [6.07, 6.45) is -1.26. The zero-order valence-electron chi connectivity index (χ0n) is 10.4. The molecule has 20 heavy (non-hydrogen) atoms. The molecule has 2 heterocycles. The number of imidazole rings is 1. The fraction of sp³-hybridized carbons (Fsp3) is 0.154. The van der Waals surface area contributed by atoms with E-state index in [0.717, 1.165) is 5.56 Å². The number of fused-ring (bicyclic) bond motifs is 1. The number of aromatic nitrogens is 4. The third-order valence-electron chi connectivity index (χ3n) is 2.91. The summed E-state index contributed by atoms with van der Waals surface area (Å²) in [6.45, 7) is 0.483. The summed E-state index contributed by atoms with van der Waals surface area (Å²) < 4.78 is 27.5. The Morgan fingerprint density at radius 3 is 2.60 bits per heavy atom. The van der Waals surface area contributed by atoms with Gasteiger partial charge in [-0.15, -0.1) is 0 Å². The molecule has 102 valence electrons. The topological polar surface area (TPSA) is 69.6 Å². The lowest BCUT2D eigenvalue weighted by atomic mass is 10.2. The van der Waals surface area contributed by atoms with Crippen LogP contribution in [0.25, 0.3) is 11.2 Å². The molecular formula is C13H11F2N5. The Morgan fingerprint density at radius 1 is 1.15 bits per heavy atom. The highest BCUT2D eigenvalue weighted by Gasteiger charge is 2.19. The highest BCUT2D eigenvalue weighted by atomic mass is 19.3. The number of benzene rings is 1. The van der Waals surface area contributed by atoms with Crippen LogP contribution < -0.4 is 5.73 Å². The third kappa shape index (κ3) is 2.18. The summed E-state index contributed by atoms with van der Waals surface area (Å²) in [7, 11) is 0. The van der Waals surface area contributed by atoms with Crippen LogP contribution in [0, 0.1) is 0 Å². The summed E-state index contributed by atoms with van der Waals surface area (Å²) in [5.74, 6) is -0.178. The van der Waals surface area contributed by atoms with Crippen LogP contribution in [0.4, 0.5) is 14.7 Å². The van der Waals surface area contributed by atoms with E-state index in [4.69, 9.17) is 5.73 Å². The maximum atomic E-state index is 12.9. The second-order valence-electron chi connectivity index (χ2n) is 4.30. The Balaban J connectivity index is 2.09. The molecule has 0 aliphatic carbocycles. The van der Waals surface area contributed by atoms with Gasteiger partial charge in [-0.25, -0.2) is 18.7 Å². The number of halogens is 2. The van der Waals surface area contributed by atoms with E-state index in [9.17, 15) is 8.78 Å². The Hall–Kier alpha value is -2.57. The molecule has 0 saturated heterocycles. The van der Waals surface area contributed by atoms with E-state index in [1.54, 1.807) is 4.57 Å². The average Bonchev–Trinajstić information content (AvgIpc) is 2.82. The number of anilines is 1. The average molecular weight is 275 g/mol. The number of rotatable bonds is 3. The molecule has 0 aliphatic heterocycles. The number of alkyl halides is 2. The van der Waals surface area contributed by atoms with Gasteiger partial charge >= 0.3 is 0 Å². The maximum absolute atomic E-state index is 12.9. The number of nitrogen functional groups attached to an aromatic ring is 1. The molecule has 7 heteroatoms. The van der Waals surface area contributed by atoms with E-state index < -0.39 is 12.1 Å². The standard InChI is InChI=1S/C13H11F2N5/c14-11(15)9-10-12(19-13(16)18-9)20(7-17-10)6-8-4-2-1-3-5-8/h1-5,7,11H,6H2,(H2,16,18,19). The Morgan fingerprint density at radius 2 is 1.90 bits per heavy atom. The molecule has 0 aliphatic rings. The highest BCUT2D eigenvalue weighted by Crippen LogP contribution is 2.25. The van der Waals surface area contributed by atoms with Crippen LogP contribution in [-0.2, 0) is 6.54 Å². The van der Waals surface area contributed by atoms with Crippen LogP contribution in [-0.4, -0.2) is 19.5 Å². The zero-order chi connectivity index (χ0) is 14.1. The number of nitrogens with two attached hydrogens (primary N) is 1. The van der Waals surface area contributed by atoms with Crippen LogP contribution in [0.5, 0.6) is 0 Å². The van der Waals surface area contributed by atoms with Gasteiger partial charge in [0.25, 0.3) is 6.43 Å². The Bertz CT molecular complexity index is 739. The molecule has 2 N–H and O–H groups in total. The molecule has 2 aromatic heterocycles. The van der Waals surface area contributed by atoms with Crippen molar-refractivity contribution in [2.45, 2.75) is 13.0 Å². The zero-order valence-corrected chi connectivity index (χ0v) is 10.4. The SMILES string of the molecule is Nc1nc(C(F)F)c2ncn(Cc3ccccc3)c2n1. The van der Waals surface area contributed by atoms with Gasteiger partial charge < -0.3 is 10.3 Å². The van der Waals surface area contributed by atoms with E-state index in [0.29, 0.717) is 12.2 Å². The fourth-order valence-corrected chi connectivity index (χ4v) is 2.03. The van der Waals surface area contributed by atoms with Crippen molar-refractivity contribution in [1.82, 2.24) is 19.5 Å². The summed E-state index contributed by atoms with van der Waals surface area (Å²) in [4.78, 5) is 11.6. The van der Waals surface area contributed by atoms with Crippen molar-refractivity contribution in [3.63, 3.8) is 0 Å². The maximum Gasteiger partial charge on any atom is 0.282 e. The second-order valence-corrected chi connectivity index (χ2v) is 4.30. The summed E-state index contributed by atoms with van der Waals surface area (Å²) in [6, 6.07) is 9.59. The molecule has 0 saturated carbocycles. The number of nitrogens with zero attached hydrogens (tertiary/aromatic N) is 4. The minimum Gasteiger partial charge on any atom is -0.368 e. The normalized spacial score (nSPS) is 11.3. The van der Waals surface area contributed by atoms with E-state index in [1.165, 1.54) is 6.33 Å². The number of hydrogen-bond donors (Lipinski definition) is 1. The van der Waals surface area contributed by atoms with Crippen molar-refractivity contribution < 1.29 is 8.78 Å². The first kappa shape index (κ1) is 12.5. The molecule has 5 nitrogen and oxygen atoms in total. The molecule has 0 radical (unpaired) electrons. The van der Waals surface area contributed by atoms with E-state index >= 15 is 0 Å². The first-order valence-corrected chi connectivity index (χ1v) is 5.95. The molecule has 3 rings (SSSR count). The van der Waals surface area contributed by atoms with Crippen LogP contribution in [0.1, 0.15) is 17.7 Å². The summed E-state index contributed by atoms with van der Waals surface area (Å²) in [5, 5.41) is 0. The van der Waals surface area contributed by atoms with Crippen molar-refractivity contribution in [3.05, 3.63) is 47.9 Å². The first-order chi connectivity index (χ1) is 9.65. The lowest BCUT2D eigenvalue weighted by Crippen LogP contribution is -2.04. The van der Waals surface area contributed by atoms with Crippen molar-refractivity contribution >= 4 is 17.1 Å². The smallest absolute Gasteiger partial charge is 0.282 e. The Labute approximate surface area is 113 Å². The van der Waals surface area contributed by atoms with Gasteiger partial charge in [0.15, 0.2) is 5.65 Å². The molecule has 0 unspecified atom stereocenters. The lowest BCUT2D eigenvalue weighted by molar-refractivity contribution is 0.148. The van der Waals surface area contributed by atoms with Gasteiger partial charge in [0.1, 0.15) is 11.2 Å². The van der Waals surface area contributed by atoms with Crippen LogP contribution in [0.15, 0.2) is 36.7 Å². The molecule has 3 aromatic rings. The van der Waals surface area contributed by atoms with Gasteiger partial charge in [0, 0.05) is 0 Å². The molecule has 0 amide bonds. The van der Waals surface area contributed by atoms with Gasteiger partial charge in [-0.2, -0.15) is 4.98 Å². The van der Waals surface area contributed by atoms with Crippen molar-refractivity contribution in [2.24, 2.45) is 0 Å². The highest BCUT2D eigenvalue weighted by molar-refractivity contribution is 5.75. The van der Waals surface area contributed by atoms with Gasteiger partial charge in [-0.1, -0.05) is 30.3 Å². The van der Waals surface area contributed by atoms with E-state index in [2.05, 4.69) is 15.0 Å². The van der Waals surface area contributed by atoms with Gasteiger partial charge in [-0.3, -0.25) is 0 Å². The molecule has 0 atom stereocenters. The minimum absolute atomic E-state index is 0.0881. The van der Waals surface area contributed by atoms with Crippen molar-refractivity contribution in [1.29, 1.82) is 0 Å². The molecule has 0 bridgehead atoms. The predicted octanol–water partition coefficient (Wildman–Crippen LogP) is 2.39. The molecule has 1 aromatic carbocycles. The van der Waals surface area contributed by atoms with E-state index in [-0.39, 0.29) is 11.5 Å². The third-order valence-corrected chi connectivity index (χ3v) is 2.91. The quantitative estimate of drug-likeness (QED) is 0.796. The van der Waals surface area contributed by atoms with Gasteiger partial charge in [0.05, 0.1) is 12.9 Å². The minimum atomic E-state index is -2.73. The van der Waals surface area contributed by atoms with Gasteiger partial charge in [-0.05, 0) is 5.56 Å². The summed E-state index contributed by atoms with van der Waals surface area (Å²) >= 11 is 0. The first-order valence-electron chi connectivity index (χ1n) is 5.95. The van der Waals surface area contributed by atoms with Crippen LogP contribution in [0.2, 0.25) is 0 Å². The second kappa shape index (κ2) is 4.84. The lowest BCUT2D eigenvalue weighted by Gasteiger charge is -2.05. The van der Waals surface area contributed by atoms with Crippen LogP contribution >= 0.6 is 0 Å². The monoisotopic (exact) mass is 275 g/mol.